The Morgan fingerprint density at radius 3 is 2.44 bits per heavy atom. The average Bonchev–Trinajstić information content (AvgIpc) is 2.62. The molecule has 0 unspecified atom stereocenters. The van der Waals surface area contributed by atoms with Crippen LogP contribution in [0.25, 0.3) is 0 Å². The Morgan fingerprint density at radius 2 is 1.76 bits per heavy atom. The molecule has 132 valence electrons. The van der Waals surface area contributed by atoms with Crippen molar-refractivity contribution in [2.24, 2.45) is 4.99 Å². The van der Waals surface area contributed by atoms with Gasteiger partial charge in [0.1, 0.15) is 5.82 Å². The number of halogens is 1. The summed E-state index contributed by atoms with van der Waals surface area (Å²) in [5, 5.41) is 3.03. The fraction of sp³-hybridized carbons (Fsp3) is 0.286. The predicted octanol–water partition coefficient (Wildman–Crippen LogP) is 7.39. The zero-order valence-electron chi connectivity index (χ0n) is 14.7. The van der Waals surface area contributed by atoms with E-state index in [1.807, 2.05) is 23.6 Å². The molecule has 1 nitrogen and oxygen atoms in total. The number of nitrogens with zero attached hydrogens (tertiary/aromatic N) is 1. The van der Waals surface area contributed by atoms with Crippen molar-refractivity contribution in [1.82, 2.24) is 0 Å². The first-order valence-corrected chi connectivity index (χ1v) is 10.4. The number of hydrogen-bond acceptors (Lipinski definition) is 3. The fourth-order valence-electron chi connectivity index (χ4n) is 2.08. The zero-order chi connectivity index (χ0) is 17.9. The van der Waals surface area contributed by atoms with E-state index < -0.39 is 0 Å². The summed E-state index contributed by atoms with van der Waals surface area (Å²) in [5.74, 6) is 0.866. The molecule has 2 aromatic rings. The molecule has 0 bridgehead atoms. The Hall–Kier alpha value is -1.52. The fourth-order valence-corrected chi connectivity index (χ4v) is 3.70. The van der Waals surface area contributed by atoms with Gasteiger partial charge in [-0.15, -0.1) is 11.8 Å². The molecule has 2 rings (SSSR count). The van der Waals surface area contributed by atoms with E-state index in [0.717, 1.165) is 21.4 Å². The number of hydrogen-bond donors (Lipinski definition) is 0. The molecule has 0 aliphatic carbocycles. The molecule has 0 saturated carbocycles. The van der Waals surface area contributed by atoms with Gasteiger partial charge in [-0.3, -0.25) is 0 Å². The Balaban J connectivity index is 2.03. The van der Waals surface area contributed by atoms with Crippen LogP contribution in [0.1, 0.15) is 31.7 Å². The van der Waals surface area contributed by atoms with Crippen molar-refractivity contribution in [3.63, 3.8) is 0 Å². The maximum atomic E-state index is 13.0. The van der Waals surface area contributed by atoms with Gasteiger partial charge >= 0.3 is 0 Å². The van der Waals surface area contributed by atoms with Crippen LogP contribution in [-0.2, 0) is 0 Å². The van der Waals surface area contributed by atoms with E-state index in [9.17, 15) is 4.39 Å². The highest BCUT2D eigenvalue weighted by atomic mass is 32.2. The second-order valence-electron chi connectivity index (χ2n) is 5.72. The van der Waals surface area contributed by atoms with Crippen LogP contribution in [0.15, 0.2) is 69.9 Å². The zero-order valence-corrected chi connectivity index (χ0v) is 16.4. The van der Waals surface area contributed by atoms with Crippen LogP contribution < -0.4 is 0 Å². The summed E-state index contributed by atoms with van der Waals surface area (Å²) in [6.45, 7) is 4.29. The van der Waals surface area contributed by atoms with Crippen LogP contribution in [0.3, 0.4) is 0 Å². The Labute approximate surface area is 158 Å². The second kappa shape index (κ2) is 11.2. The number of benzene rings is 2. The first kappa shape index (κ1) is 19.8. The van der Waals surface area contributed by atoms with Gasteiger partial charge in [0.05, 0.1) is 10.7 Å². The SMILES string of the molecule is CCCCCSC(C=CSc1ccc(F)cc1)=Nc1ccc(C)cc1. The molecule has 0 N–H and O–H groups in total. The number of aryl methyl sites for hydroxylation is 1. The molecule has 2 aromatic carbocycles. The Kier molecular flexibility index (Phi) is 8.84. The smallest absolute Gasteiger partial charge is 0.123 e. The monoisotopic (exact) mass is 373 g/mol. The Bertz CT molecular complexity index is 691. The van der Waals surface area contributed by atoms with E-state index in [1.165, 1.54) is 37.0 Å². The van der Waals surface area contributed by atoms with E-state index in [1.54, 1.807) is 35.7 Å². The quantitative estimate of drug-likeness (QED) is 0.207. The minimum Gasteiger partial charge on any atom is -0.242 e. The van der Waals surface area contributed by atoms with Gasteiger partial charge in [-0.05, 0) is 67.0 Å². The molecular formula is C21H24FNS2. The van der Waals surface area contributed by atoms with Crippen LogP contribution in [-0.4, -0.2) is 10.8 Å². The number of aliphatic imine (C=N–C) groups is 1. The topological polar surface area (TPSA) is 12.4 Å². The lowest BCUT2D eigenvalue weighted by atomic mass is 10.2. The number of thioether (sulfide) groups is 2. The van der Waals surface area contributed by atoms with E-state index in [-0.39, 0.29) is 5.82 Å². The minimum atomic E-state index is -0.207. The summed E-state index contributed by atoms with van der Waals surface area (Å²) in [4.78, 5) is 5.78. The molecule has 25 heavy (non-hydrogen) atoms. The molecule has 4 heteroatoms. The maximum Gasteiger partial charge on any atom is 0.123 e. The molecule has 0 spiro atoms. The van der Waals surface area contributed by atoms with Gasteiger partial charge in [-0.25, -0.2) is 9.38 Å². The molecule has 0 radical (unpaired) electrons. The predicted molar refractivity (Wildman–Crippen MR) is 112 cm³/mol. The van der Waals surface area contributed by atoms with Crippen molar-refractivity contribution in [2.75, 3.05) is 5.75 Å². The highest BCUT2D eigenvalue weighted by Gasteiger charge is 1.99. The second-order valence-corrected chi connectivity index (χ2v) is 7.81. The maximum absolute atomic E-state index is 13.0. The van der Waals surface area contributed by atoms with Crippen LogP contribution in [0.2, 0.25) is 0 Å². The van der Waals surface area contributed by atoms with Crippen LogP contribution in [0, 0.1) is 12.7 Å². The van der Waals surface area contributed by atoms with Gasteiger partial charge < -0.3 is 0 Å². The highest BCUT2D eigenvalue weighted by molar-refractivity contribution is 8.14. The molecule has 0 aromatic heterocycles. The van der Waals surface area contributed by atoms with Gasteiger partial charge in [0.15, 0.2) is 0 Å². The van der Waals surface area contributed by atoms with E-state index in [0.29, 0.717) is 0 Å². The molecule has 0 amide bonds. The largest absolute Gasteiger partial charge is 0.242 e. The van der Waals surface area contributed by atoms with Gasteiger partial charge in [-0.1, -0.05) is 49.2 Å². The van der Waals surface area contributed by atoms with E-state index >= 15 is 0 Å². The number of unbranched alkanes of at least 4 members (excludes halogenated alkanes) is 2. The summed E-state index contributed by atoms with van der Waals surface area (Å²) in [6.07, 6.45) is 5.72. The summed E-state index contributed by atoms with van der Waals surface area (Å²) >= 11 is 3.36. The van der Waals surface area contributed by atoms with Gasteiger partial charge in [0.25, 0.3) is 0 Å². The highest BCUT2D eigenvalue weighted by Crippen LogP contribution is 2.22. The molecule has 0 saturated heterocycles. The van der Waals surface area contributed by atoms with Crippen molar-refractivity contribution >= 4 is 34.3 Å². The third kappa shape index (κ3) is 7.93. The van der Waals surface area contributed by atoms with Crippen LogP contribution in [0.5, 0.6) is 0 Å². The van der Waals surface area contributed by atoms with Gasteiger partial charge in [-0.2, -0.15) is 0 Å². The van der Waals surface area contributed by atoms with Crippen molar-refractivity contribution in [2.45, 2.75) is 38.0 Å². The summed E-state index contributed by atoms with van der Waals surface area (Å²) in [6, 6.07) is 14.8. The minimum absolute atomic E-state index is 0.207. The Morgan fingerprint density at radius 1 is 1.04 bits per heavy atom. The van der Waals surface area contributed by atoms with Gasteiger partial charge in [0.2, 0.25) is 0 Å². The lowest BCUT2D eigenvalue weighted by Gasteiger charge is -2.03. The van der Waals surface area contributed by atoms with Gasteiger partial charge in [0, 0.05) is 4.90 Å². The molecule has 0 fully saturated rings. The van der Waals surface area contributed by atoms with Crippen molar-refractivity contribution < 1.29 is 4.39 Å². The molecule has 0 atom stereocenters. The van der Waals surface area contributed by atoms with E-state index in [2.05, 4.69) is 26.0 Å². The van der Waals surface area contributed by atoms with Crippen molar-refractivity contribution in [3.8, 4) is 0 Å². The molecule has 0 aliphatic rings. The first-order chi connectivity index (χ1) is 12.2. The summed E-state index contributed by atoms with van der Waals surface area (Å²) < 4.78 is 13.0. The standard InChI is InChI=1S/C21H24FNS2/c1-3-4-5-15-25-21(23-19-10-6-17(2)7-11-19)14-16-24-20-12-8-18(22)9-13-20/h6-14,16H,3-5,15H2,1-2H3. The number of rotatable bonds is 8. The first-order valence-electron chi connectivity index (χ1n) is 8.54. The third-order valence-electron chi connectivity index (χ3n) is 3.50. The van der Waals surface area contributed by atoms with Crippen LogP contribution in [0.4, 0.5) is 10.1 Å². The van der Waals surface area contributed by atoms with Crippen LogP contribution >= 0.6 is 23.5 Å². The van der Waals surface area contributed by atoms with Crippen molar-refractivity contribution in [3.05, 3.63) is 71.4 Å². The van der Waals surface area contributed by atoms with Crippen molar-refractivity contribution in [1.29, 1.82) is 0 Å². The summed E-state index contributed by atoms with van der Waals surface area (Å²) in [5.41, 5.74) is 2.21. The normalized spacial score (nSPS) is 12.0. The summed E-state index contributed by atoms with van der Waals surface area (Å²) in [7, 11) is 0. The third-order valence-corrected chi connectivity index (χ3v) is 5.33. The lowest BCUT2D eigenvalue weighted by molar-refractivity contribution is 0.626. The molecular weight excluding hydrogens is 349 g/mol. The van der Waals surface area contributed by atoms with E-state index in [4.69, 9.17) is 4.99 Å². The molecule has 0 aliphatic heterocycles. The average molecular weight is 374 g/mol. The lowest BCUT2D eigenvalue weighted by Crippen LogP contribution is -1.90. The molecule has 0 heterocycles.